The van der Waals surface area contributed by atoms with E-state index in [1.165, 1.54) is 4.68 Å². The third-order valence-electron chi connectivity index (χ3n) is 6.02. The molecule has 2 aliphatic heterocycles. The first-order valence-corrected chi connectivity index (χ1v) is 10.1. The molecule has 8 nitrogen and oxygen atoms in total. The number of aromatic hydroxyl groups is 1. The molecule has 2 aliphatic rings. The van der Waals surface area contributed by atoms with Crippen molar-refractivity contribution in [3.8, 4) is 5.75 Å². The van der Waals surface area contributed by atoms with Gasteiger partial charge in [-0.2, -0.15) is 0 Å². The van der Waals surface area contributed by atoms with Gasteiger partial charge >= 0.3 is 0 Å². The Morgan fingerprint density at radius 3 is 2.41 bits per heavy atom. The highest BCUT2D eigenvalue weighted by atomic mass is 19.1. The molecule has 11 heteroatoms. The zero-order valence-electron chi connectivity index (χ0n) is 17.4. The van der Waals surface area contributed by atoms with Crippen LogP contribution in [0.2, 0.25) is 0 Å². The Morgan fingerprint density at radius 2 is 1.75 bits per heavy atom. The van der Waals surface area contributed by atoms with Crippen molar-refractivity contribution in [2.24, 2.45) is 0 Å². The number of rotatable bonds is 3. The second-order valence-electron chi connectivity index (χ2n) is 8.08. The summed E-state index contributed by atoms with van der Waals surface area (Å²) in [7, 11) is 0. The molecule has 170 valence electrons. The van der Waals surface area contributed by atoms with Crippen molar-refractivity contribution in [1.82, 2.24) is 14.9 Å². The van der Waals surface area contributed by atoms with Gasteiger partial charge in [-0.3, -0.25) is 24.1 Å². The van der Waals surface area contributed by atoms with Crippen LogP contribution in [0.4, 0.5) is 13.2 Å². The monoisotopic (exact) mass is 450 g/mol. The van der Waals surface area contributed by atoms with Crippen molar-refractivity contribution in [2.45, 2.75) is 45.3 Å². The molecule has 1 aromatic heterocycles. The van der Waals surface area contributed by atoms with Crippen LogP contribution >= 0.6 is 0 Å². The predicted molar refractivity (Wildman–Crippen MR) is 107 cm³/mol. The van der Waals surface area contributed by atoms with Crippen LogP contribution in [-0.4, -0.2) is 45.2 Å². The van der Waals surface area contributed by atoms with Crippen LogP contribution in [0.1, 0.15) is 53.1 Å². The summed E-state index contributed by atoms with van der Waals surface area (Å²) < 4.78 is 42.1. The van der Waals surface area contributed by atoms with Crippen molar-refractivity contribution in [3.63, 3.8) is 0 Å². The molecule has 0 saturated carbocycles. The first-order chi connectivity index (χ1) is 15.1. The summed E-state index contributed by atoms with van der Waals surface area (Å²) in [4.78, 5) is 39.8. The number of pyridine rings is 1. The molecule has 0 unspecified atom stereocenters. The van der Waals surface area contributed by atoms with Crippen molar-refractivity contribution >= 4 is 11.8 Å². The van der Waals surface area contributed by atoms with Crippen LogP contribution in [0.25, 0.3) is 0 Å². The van der Waals surface area contributed by atoms with Gasteiger partial charge < -0.3 is 15.3 Å². The van der Waals surface area contributed by atoms with Crippen LogP contribution in [0.5, 0.6) is 5.75 Å². The third kappa shape index (κ3) is 3.47. The van der Waals surface area contributed by atoms with Crippen molar-refractivity contribution < 1.29 is 27.9 Å². The lowest BCUT2D eigenvalue weighted by atomic mass is 10.1. The SMILES string of the molecule is C[C@@H]1CC[C@H](C)N2CN1n1cc(C(=O)NCc3c(F)cc(F)cc3F)c(=O)c(O)c1C2=O. The number of hydrogen-bond donors (Lipinski definition) is 2. The summed E-state index contributed by atoms with van der Waals surface area (Å²) >= 11 is 0. The number of fused-ring (bicyclic) bond motifs is 4. The minimum Gasteiger partial charge on any atom is -0.502 e. The second kappa shape index (κ2) is 7.88. The molecule has 2 atom stereocenters. The van der Waals surface area contributed by atoms with E-state index in [2.05, 4.69) is 5.32 Å². The summed E-state index contributed by atoms with van der Waals surface area (Å²) in [6.07, 6.45) is 2.61. The maximum absolute atomic E-state index is 13.8. The summed E-state index contributed by atoms with van der Waals surface area (Å²) in [5, 5.41) is 14.5. The molecule has 1 saturated heterocycles. The van der Waals surface area contributed by atoms with E-state index in [-0.39, 0.29) is 24.4 Å². The molecule has 2 aromatic rings. The molecule has 2 amide bonds. The number of carbonyl (C=O) groups excluding carboxylic acids is 2. The molecular weight excluding hydrogens is 429 g/mol. The van der Waals surface area contributed by atoms with Gasteiger partial charge in [0.2, 0.25) is 5.43 Å². The van der Waals surface area contributed by atoms with E-state index in [9.17, 15) is 32.7 Å². The standard InChI is InChI=1S/C21H21F3N4O4/c1-10-3-4-11(2)28-9-26(10)21(32)17-19(30)18(29)14(8-27(17)28)20(31)25-7-13-15(23)5-12(22)6-16(13)24/h5-6,8,10-11,30H,3-4,7,9H2,1-2H3,(H,25,31)/t10-,11+/m0/s1. The molecule has 3 heterocycles. The number of benzene rings is 1. The molecule has 2 bridgehead atoms. The zero-order chi connectivity index (χ0) is 23.3. The molecule has 32 heavy (non-hydrogen) atoms. The smallest absolute Gasteiger partial charge is 0.278 e. The summed E-state index contributed by atoms with van der Waals surface area (Å²) in [6.45, 7) is 3.37. The van der Waals surface area contributed by atoms with E-state index >= 15 is 0 Å². The normalized spacial score (nSPS) is 20.1. The van der Waals surface area contributed by atoms with Crippen molar-refractivity contribution in [1.29, 1.82) is 0 Å². The first kappa shape index (κ1) is 21.7. The van der Waals surface area contributed by atoms with E-state index < -0.39 is 58.1 Å². The minimum atomic E-state index is -1.19. The molecular formula is C21H21F3N4O4. The number of hydrogen-bond acceptors (Lipinski definition) is 5. The van der Waals surface area contributed by atoms with Crippen molar-refractivity contribution in [2.75, 3.05) is 11.7 Å². The highest BCUT2D eigenvalue weighted by Gasteiger charge is 2.39. The second-order valence-corrected chi connectivity index (χ2v) is 8.08. The highest BCUT2D eigenvalue weighted by Crippen LogP contribution is 2.28. The molecule has 0 spiro atoms. The average molecular weight is 450 g/mol. The Kier molecular flexibility index (Phi) is 5.35. The average Bonchev–Trinajstić information content (AvgIpc) is 2.85. The van der Waals surface area contributed by atoms with Gasteiger partial charge in [-0.1, -0.05) is 0 Å². The van der Waals surface area contributed by atoms with Gasteiger partial charge in [0.05, 0.1) is 0 Å². The van der Waals surface area contributed by atoms with Crippen LogP contribution < -0.4 is 15.8 Å². The third-order valence-corrected chi connectivity index (χ3v) is 6.02. The Morgan fingerprint density at radius 1 is 1.12 bits per heavy atom. The summed E-state index contributed by atoms with van der Waals surface area (Å²) in [5.74, 6) is -5.89. The summed E-state index contributed by atoms with van der Waals surface area (Å²) in [6, 6.07) is 0.795. The zero-order valence-corrected chi connectivity index (χ0v) is 17.4. The Hall–Kier alpha value is -3.50. The van der Waals surface area contributed by atoms with E-state index in [0.717, 1.165) is 19.0 Å². The van der Waals surface area contributed by atoms with E-state index in [1.807, 2.05) is 13.8 Å². The van der Waals surface area contributed by atoms with Crippen LogP contribution in [-0.2, 0) is 6.54 Å². The molecule has 1 aromatic carbocycles. The number of halogens is 3. The van der Waals surface area contributed by atoms with Gasteiger partial charge in [-0.25, -0.2) is 13.2 Å². The fourth-order valence-electron chi connectivity index (χ4n) is 4.06. The Balaban J connectivity index is 1.70. The van der Waals surface area contributed by atoms with Crippen LogP contribution in [0, 0.1) is 17.5 Å². The van der Waals surface area contributed by atoms with Gasteiger partial charge in [0.1, 0.15) is 29.7 Å². The van der Waals surface area contributed by atoms with Gasteiger partial charge in [0, 0.05) is 42.5 Å². The number of nitrogens with one attached hydrogen (secondary N) is 1. The number of nitrogens with zero attached hydrogens (tertiary/aromatic N) is 3. The van der Waals surface area contributed by atoms with Gasteiger partial charge in [0.15, 0.2) is 11.4 Å². The molecule has 0 radical (unpaired) electrons. The highest BCUT2D eigenvalue weighted by molar-refractivity contribution is 5.99. The fourth-order valence-corrected chi connectivity index (χ4v) is 4.06. The fraction of sp³-hybridized carbons (Fsp3) is 0.381. The maximum atomic E-state index is 13.8. The Labute approximate surface area is 180 Å². The number of aromatic nitrogens is 1. The molecule has 2 N–H and O–H groups in total. The quantitative estimate of drug-likeness (QED) is 0.744. The Bertz CT molecular complexity index is 1160. The lowest BCUT2D eigenvalue weighted by Crippen LogP contribution is -2.57. The van der Waals surface area contributed by atoms with Crippen molar-refractivity contribution in [3.05, 3.63) is 62.8 Å². The number of amides is 2. The number of carbonyl (C=O) groups is 2. The van der Waals surface area contributed by atoms with E-state index in [1.54, 1.807) is 9.91 Å². The lowest BCUT2D eigenvalue weighted by molar-refractivity contribution is 0.0627. The summed E-state index contributed by atoms with van der Waals surface area (Å²) in [5.41, 5.74) is -2.40. The van der Waals surface area contributed by atoms with Gasteiger partial charge in [-0.05, 0) is 26.7 Å². The maximum Gasteiger partial charge on any atom is 0.278 e. The lowest BCUT2D eigenvalue weighted by Gasteiger charge is -2.41. The van der Waals surface area contributed by atoms with E-state index in [0.29, 0.717) is 12.1 Å². The topological polar surface area (TPSA) is 94.9 Å². The van der Waals surface area contributed by atoms with Gasteiger partial charge in [0.25, 0.3) is 11.8 Å². The molecule has 0 aliphatic carbocycles. The predicted octanol–water partition coefficient (Wildman–Crippen LogP) is 1.82. The van der Waals surface area contributed by atoms with E-state index in [4.69, 9.17) is 0 Å². The largest absolute Gasteiger partial charge is 0.502 e. The molecule has 4 rings (SSSR count). The van der Waals surface area contributed by atoms with Crippen LogP contribution in [0.15, 0.2) is 23.1 Å². The molecule has 1 fully saturated rings. The van der Waals surface area contributed by atoms with Crippen LogP contribution in [0.3, 0.4) is 0 Å². The minimum absolute atomic E-state index is 0.0606. The van der Waals surface area contributed by atoms with Gasteiger partial charge in [-0.15, -0.1) is 0 Å². The first-order valence-electron chi connectivity index (χ1n) is 10.1.